The van der Waals surface area contributed by atoms with E-state index in [0.29, 0.717) is 16.4 Å². The van der Waals surface area contributed by atoms with Gasteiger partial charge >= 0.3 is 0 Å². The first-order valence-electron chi connectivity index (χ1n) is 9.83. The number of carbonyl (C=O) groups is 1. The van der Waals surface area contributed by atoms with Gasteiger partial charge in [0, 0.05) is 21.8 Å². The minimum Gasteiger partial charge on any atom is -0.332 e. The van der Waals surface area contributed by atoms with Crippen molar-refractivity contribution in [2.75, 3.05) is 10.6 Å². The highest BCUT2D eigenvalue weighted by atomic mass is 32.2. The standard InChI is InChI=1S/C23H20N6OS2/c1-16(30)17-10-12-18(13-11-17)24-23(31)25-19-6-5-9-21(14-19)32-15-22-26-27-28-29(22)20-7-3-2-4-8-20/h2-14H,15H2,1H3,(H2,24,25,31). The van der Waals surface area contributed by atoms with Gasteiger partial charge in [0.1, 0.15) is 0 Å². The van der Waals surface area contributed by atoms with E-state index in [1.54, 1.807) is 35.5 Å². The van der Waals surface area contributed by atoms with Gasteiger partial charge in [-0.2, -0.15) is 4.68 Å². The Bertz CT molecular complexity index is 1220. The normalized spacial score (nSPS) is 10.5. The van der Waals surface area contributed by atoms with Crippen molar-refractivity contribution in [3.63, 3.8) is 0 Å². The zero-order valence-electron chi connectivity index (χ0n) is 17.2. The molecule has 0 aliphatic heterocycles. The number of nitrogens with zero attached hydrogens (tertiary/aromatic N) is 4. The summed E-state index contributed by atoms with van der Waals surface area (Å²) >= 11 is 7.06. The maximum atomic E-state index is 11.4. The van der Waals surface area contributed by atoms with E-state index in [1.165, 1.54) is 0 Å². The van der Waals surface area contributed by atoms with Gasteiger partial charge in [-0.25, -0.2) is 0 Å². The highest BCUT2D eigenvalue weighted by Gasteiger charge is 2.09. The summed E-state index contributed by atoms with van der Waals surface area (Å²) in [5.41, 5.74) is 3.27. The molecule has 0 aliphatic carbocycles. The molecular formula is C23H20N6OS2. The van der Waals surface area contributed by atoms with Crippen molar-refractivity contribution in [1.29, 1.82) is 0 Å². The fourth-order valence-electron chi connectivity index (χ4n) is 2.96. The number of nitrogens with one attached hydrogen (secondary N) is 2. The maximum absolute atomic E-state index is 11.4. The van der Waals surface area contributed by atoms with Crippen molar-refractivity contribution in [1.82, 2.24) is 20.2 Å². The number of anilines is 2. The number of Topliss-reactive ketones (excluding diaryl/α,β-unsaturated/α-hetero) is 1. The molecule has 32 heavy (non-hydrogen) atoms. The molecule has 0 saturated carbocycles. The van der Waals surface area contributed by atoms with Crippen LogP contribution in [0.4, 0.5) is 11.4 Å². The van der Waals surface area contributed by atoms with E-state index in [4.69, 9.17) is 12.2 Å². The van der Waals surface area contributed by atoms with E-state index < -0.39 is 0 Å². The van der Waals surface area contributed by atoms with Gasteiger partial charge in [-0.3, -0.25) is 4.79 Å². The van der Waals surface area contributed by atoms with Gasteiger partial charge in [0.15, 0.2) is 16.7 Å². The largest absolute Gasteiger partial charge is 0.332 e. The summed E-state index contributed by atoms with van der Waals surface area (Å²) in [5, 5.41) is 18.9. The molecule has 0 spiro atoms. The molecule has 0 atom stereocenters. The Balaban J connectivity index is 1.36. The SMILES string of the molecule is CC(=O)c1ccc(NC(=S)Nc2cccc(SCc3nnnn3-c3ccccc3)c2)cc1. The van der Waals surface area contributed by atoms with Crippen molar-refractivity contribution < 1.29 is 4.79 Å². The molecule has 3 aromatic carbocycles. The first-order chi connectivity index (χ1) is 15.6. The first-order valence-corrected chi connectivity index (χ1v) is 11.2. The molecule has 4 aromatic rings. The number of tetrazole rings is 1. The predicted molar refractivity (Wildman–Crippen MR) is 131 cm³/mol. The highest BCUT2D eigenvalue weighted by Crippen LogP contribution is 2.25. The molecule has 0 amide bonds. The molecule has 9 heteroatoms. The van der Waals surface area contributed by atoms with Crippen LogP contribution < -0.4 is 10.6 Å². The predicted octanol–water partition coefficient (Wildman–Crippen LogP) is 4.97. The number of carbonyl (C=O) groups excluding carboxylic acids is 1. The van der Waals surface area contributed by atoms with Crippen LogP contribution in [0, 0.1) is 0 Å². The van der Waals surface area contributed by atoms with E-state index in [9.17, 15) is 4.79 Å². The van der Waals surface area contributed by atoms with Crippen molar-refractivity contribution in [2.45, 2.75) is 17.6 Å². The Morgan fingerprint density at radius 2 is 1.72 bits per heavy atom. The number of hydrogen-bond donors (Lipinski definition) is 2. The van der Waals surface area contributed by atoms with E-state index in [0.717, 1.165) is 27.8 Å². The van der Waals surface area contributed by atoms with Gasteiger partial charge < -0.3 is 10.6 Å². The molecule has 1 aromatic heterocycles. The van der Waals surface area contributed by atoms with Crippen LogP contribution in [0.3, 0.4) is 0 Å². The average Bonchev–Trinajstić information content (AvgIpc) is 3.27. The third-order valence-corrected chi connectivity index (χ3v) is 5.74. The third kappa shape index (κ3) is 5.57. The lowest BCUT2D eigenvalue weighted by Gasteiger charge is -2.12. The molecule has 2 N–H and O–H groups in total. The summed E-state index contributed by atoms with van der Waals surface area (Å²) in [7, 11) is 0. The van der Waals surface area contributed by atoms with Crippen LogP contribution in [-0.2, 0) is 5.75 Å². The Labute approximate surface area is 195 Å². The monoisotopic (exact) mass is 460 g/mol. The number of ketones is 1. The highest BCUT2D eigenvalue weighted by molar-refractivity contribution is 7.98. The van der Waals surface area contributed by atoms with Gasteiger partial charge in [0.05, 0.1) is 11.4 Å². The Kier molecular flexibility index (Phi) is 6.88. The van der Waals surface area contributed by atoms with E-state index in [1.807, 2.05) is 66.7 Å². The average molecular weight is 461 g/mol. The lowest BCUT2D eigenvalue weighted by atomic mass is 10.1. The van der Waals surface area contributed by atoms with Crippen LogP contribution in [-0.4, -0.2) is 31.1 Å². The quantitative estimate of drug-likeness (QED) is 0.227. The molecule has 0 aliphatic rings. The van der Waals surface area contributed by atoms with Crippen molar-refractivity contribution >= 4 is 46.3 Å². The molecule has 0 unspecified atom stereocenters. The second kappa shape index (κ2) is 10.2. The molecule has 0 saturated heterocycles. The van der Waals surface area contributed by atoms with Crippen LogP contribution in [0.2, 0.25) is 0 Å². The fraction of sp³-hybridized carbons (Fsp3) is 0.0870. The topological polar surface area (TPSA) is 84.7 Å². The molecule has 1 heterocycles. The van der Waals surface area contributed by atoms with E-state index in [2.05, 4.69) is 26.2 Å². The van der Waals surface area contributed by atoms with Gasteiger partial charge in [-0.1, -0.05) is 24.3 Å². The summed E-state index contributed by atoms with van der Waals surface area (Å²) < 4.78 is 1.74. The Morgan fingerprint density at radius 1 is 0.969 bits per heavy atom. The van der Waals surface area contributed by atoms with E-state index >= 15 is 0 Å². The Morgan fingerprint density at radius 3 is 2.47 bits per heavy atom. The molecular weight excluding hydrogens is 440 g/mol. The molecule has 0 radical (unpaired) electrons. The Hall–Kier alpha value is -3.56. The van der Waals surface area contributed by atoms with Crippen molar-refractivity contribution in [3.05, 3.63) is 90.3 Å². The second-order valence-corrected chi connectivity index (χ2v) is 8.33. The smallest absolute Gasteiger partial charge is 0.175 e. The zero-order valence-corrected chi connectivity index (χ0v) is 18.9. The number of rotatable bonds is 7. The van der Waals surface area contributed by atoms with E-state index in [-0.39, 0.29) is 5.78 Å². The van der Waals surface area contributed by atoms with Gasteiger partial charge in [-0.05, 0) is 84.2 Å². The van der Waals surface area contributed by atoms with Crippen LogP contribution in [0.1, 0.15) is 23.1 Å². The van der Waals surface area contributed by atoms with Crippen molar-refractivity contribution in [3.8, 4) is 5.69 Å². The number of benzene rings is 3. The number of thioether (sulfide) groups is 1. The number of thiocarbonyl (C=S) groups is 1. The van der Waals surface area contributed by atoms with Gasteiger partial charge in [0.2, 0.25) is 0 Å². The zero-order chi connectivity index (χ0) is 22.3. The summed E-state index contributed by atoms with van der Waals surface area (Å²) in [6, 6.07) is 25.0. The minimum absolute atomic E-state index is 0.0318. The first kappa shape index (κ1) is 21.7. The third-order valence-electron chi connectivity index (χ3n) is 4.54. The lowest BCUT2D eigenvalue weighted by molar-refractivity contribution is 0.101. The summed E-state index contributed by atoms with van der Waals surface area (Å²) in [6.45, 7) is 1.54. The van der Waals surface area contributed by atoms with Gasteiger partial charge in [-0.15, -0.1) is 16.9 Å². The second-order valence-electron chi connectivity index (χ2n) is 6.87. The lowest BCUT2D eigenvalue weighted by Crippen LogP contribution is -2.19. The van der Waals surface area contributed by atoms with Crippen LogP contribution in [0.5, 0.6) is 0 Å². The molecule has 0 fully saturated rings. The molecule has 4 rings (SSSR count). The summed E-state index contributed by atoms with van der Waals surface area (Å²) in [4.78, 5) is 12.5. The molecule has 160 valence electrons. The summed E-state index contributed by atoms with van der Waals surface area (Å²) in [5.74, 6) is 1.42. The summed E-state index contributed by atoms with van der Waals surface area (Å²) in [6.07, 6.45) is 0. The van der Waals surface area contributed by atoms with Gasteiger partial charge in [0.25, 0.3) is 0 Å². The minimum atomic E-state index is 0.0318. The maximum Gasteiger partial charge on any atom is 0.175 e. The fourth-order valence-corrected chi connectivity index (χ4v) is 4.06. The van der Waals surface area contributed by atoms with Crippen LogP contribution in [0.25, 0.3) is 5.69 Å². The number of aromatic nitrogens is 4. The number of hydrogen-bond acceptors (Lipinski definition) is 6. The molecule has 7 nitrogen and oxygen atoms in total. The number of para-hydroxylation sites is 1. The molecule has 0 bridgehead atoms. The van der Waals surface area contributed by atoms with Crippen LogP contribution >= 0.6 is 24.0 Å². The van der Waals surface area contributed by atoms with Crippen LogP contribution in [0.15, 0.2) is 83.8 Å². The van der Waals surface area contributed by atoms with Crippen molar-refractivity contribution in [2.24, 2.45) is 0 Å².